The van der Waals surface area contributed by atoms with Crippen molar-refractivity contribution in [2.45, 2.75) is 6.10 Å². The van der Waals surface area contributed by atoms with E-state index in [2.05, 4.69) is 15.6 Å². The number of hydrogen-bond donors (Lipinski definition) is 3. The van der Waals surface area contributed by atoms with E-state index in [-0.39, 0.29) is 6.54 Å². The van der Waals surface area contributed by atoms with Gasteiger partial charge < -0.3 is 20.5 Å². The summed E-state index contributed by atoms with van der Waals surface area (Å²) >= 11 is 0. The van der Waals surface area contributed by atoms with Crippen molar-refractivity contribution < 1.29 is 14.6 Å². The van der Waals surface area contributed by atoms with Crippen LogP contribution in [0.3, 0.4) is 0 Å². The summed E-state index contributed by atoms with van der Waals surface area (Å²) in [4.78, 5) is 15.7. The molecule has 0 unspecified atom stereocenters. The Morgan fingerprint density at radius 1 is 1.29 bits per heavy atom. The fraction of sp³-hybridized carbons (Fsp3) is 0.200. The van der Waals surface area contributed by atoms with Crippen molar-refractivity contribution in [3.05, 3.63) is 54.2 Å². The third kappa shape index (κ3) is 4.47. The SMILES string of the molecule is COc1ccc(NC(=O)NC[C@H](O)c2ccccc2)cn1. The molecule has 6 heteroatoms. The maximum atomic E-state index is 11.7. The Balaban J connectivity index is 1.81. The summed E-state index contributed by atoms with van der Waals surface area (Å²) in [7, 11) is 1.52. The first-order valence-electron chi connectivity index (χ1n) is 6.47. The Labute approximate surface area is 122 Å². The average Bonchev–Trinajstić information content (AvgIpc) is 2.54. The van der Waals surface area contributed by atoms with Crippen molar-refractivity contribution in [1.82, 2.24) is 10.3 Å². The van der Waals surface area contributed by atoms with Crippen molar-refractivity contribution in [3.63, 3.8) is 0 Å². The topological polar surface area (TPSA) is 83.5 Å². The number of carbonyl (C=O) groups is 1. The van der Waals surface area contributed by atoms with Gasteiger partial charge in [-0.2, -0.15) is 0 Å². The fourth-order valence-electron chi connectivity index (χ4n) is 1.73. The third-order valence-corrected chi connectivity index (χ3v) is 2.84. The van der Waals surface area contributed by atoms with Crippen LogP contribution in [0, 0.1) is 0 Å². The quantitative estimate of drug-likeness (QED) is 0.785. The van der Waals surface area contributed by atoms with Crippen molar-refractivity contribution in [2.75, 3.05) is 19.0 Å². The van der Waals surface area contributed by atoms with Gasteiger partial charge in [-0.1, -0.05) is 30.3 Å². The van der Waals surface area contributed by atoms with E-state index in [1.165, 1.54) is 13.3 Å². The van der Waals surface area contributed by atoms with Gasteiger partial charge in [-0.15, -0.1) is 0 Å². The van der Waals surface area contributed by atoms with Gasteiger partial charge >= 0.3 is 6.03 Å². The average molecular weight is 287 g/mol. The van der Waals surface area contributed by atoms with Crippen LogP contribution in [0.2, 0.25) is 0 Å². The predicted octanol–water partition coefficient (Wildman–Crippen LogP) is 1.95. The maximum Gasteiger partial charge on any atom is 0.319 e. The zero-order valence-corrected chi connectivity index (χ0v) is 11.6. The molecule has 3 N–H and O–H groups in total. The summed E-state index contributed by atoms with van der Waals surface area (Å²) in [5.74, 6) is 0.473. The van der Waals surface area contributed by atoms with E-state index in [9.17, 15) is 9.90 Å². The molecule has 0 radical (unpaired) electrons. The summed E-state index contributed by atoms with van der Waals surface area (Å²) < 4.78 is 4.93. The van der Waals surface area contributed by atoms with Crippen LogP contribution in [0.25, 0.3) is 0 Å². The summed E-state index contributed by atoms with van der Waals surface area (Å²) in [6.07, 6.45) is 0.748. The number of pyridine rings is 1. The van der Waals surface area contributed by atoms with Crippen molar-refractivity contribution in [2.24, 2.45) is 0 Å². The zero-order chi connectivity index (χ0) is 15.1. The van der Waals surface area contributed by atoms with Crippen LogP contribution in [0.5, 0.6) is 5.88 Å². The van der Waals surface area contributed by atoms with Crippen LogP contribution in [-0.2, 0) is 0 Å². The van der Waals surface area contributed by atoms with Gasteiger partial charge in [-0.05, 0) is 11.6 Å². The van der Waals surface area contributed by atoms with Crippen LogP contribution in [0.4, 0.5) is 10.5 Å². The van der Waals surface area contributed by atoms with Gasteiger partial charge in [-0.25, -0.2) is 9.78 Å². The van der Waals surface area contributed by atoms with Gasteiger partial charge in [0.25, 0.3) is 0 Å². The van der Waals surface area contributed by atoms with Gasteiger partial charge in [0, 0.05) is 12.6 Å². The highest BCUT2D eigenvalue weighted by Gasteiger charge is 2.09. The second kappa shape index (κ2) is 7.25. The second-order valence-corrected chi connectivity index (χ2v) is 4.35. The van der Waals surface area contributed by atoms with Gasteiger partial charge in [0.15, 0.2) is 0 Å². The summed E-state index contributed by atoms with van der Waals surface area (Å²) in [6.45, 7) is 0.124. The number of nitrogens with zero attached hydrogens (tertiary/aromatic N) is 1. The lowest BCUT2D eigenvalue weighted by Gasteiger charge is -2.12. The number of amides is 2. The molecular weight excluding hydrogens is 270 g/mol. The van der Waals surface area contributed by atoms with E-state index in [1.54, 1.807) is 24.3 Å². The molecule has 2 aromatic rings. The molecule has 1 aromatic heterocycles. The molecule has 2 amide bonds. The van der Waals surface area contributed by atoms with Crippen molar-refractivity contribution in [3.8, 4) is 5.88 Å². The zero-order valence-electron chi connectivity index (χ0n) is 11.6. The number of rotatable bonds is 5. The minimum atomic E-state index is -0.744. The standard InChI is InChI=1S/C15H17N3O3/c1-21-14-8-7-12(9-16-14)18-15(20)17-10-13(19)11-5-3-2-4-6-11/h2-9,13,19H,10H2,1H3,(H2,17,18,20)/t13-/m0/s1. The molecule has 2 rings (SSSR count). The smallest absolute Gasteiger partial charge is 0.319 e. The largest absolute Gasteiger partial charge is 0.481 e. The Kier molecular flexibility index (Phi) is 5.11. The molecular formula is C15H17N3O3. The molecule has 110 valence electrons. The summed E-state index contributed by atoms with van der Waals surface area (Å²) in [5.41, 5.74) is 1.30. The van der Waals surface area contributed by atoms with E-state index < -0.39 is 12.1 Å². The number of carbonyl (C=O) groups excluding carboxylic acids is 1. The monoisotopic (exact) mass is 287 g/mol. The number of aliphatic hydroxyl groups is 1. The molecule has 1 atom stereocenters. The normalized spacial score (nSPS) is 11.5. The van der Waals surface area contributed by atoms with Gasteiger partial charge in [-0.3, -0.25) is 0 Å². The number of methoxy groups -OCH3 is 1. The molecule has 6 nitrogen and oxygen atoms in total. The number of aromatic nitrogens is 1. The molecule has 21 heavy (non-hydrogen) atoms. The van der Waals surface area contributed by atoms with Crippen LogP contribution >= 0.6 is 0 Å². The molecule has 0 fully saturated rings. The molecule has 0 aliphatic heterocycles. The molecule has 0 bridgehead atoms. The number of aliphatic hydroxyl groups excluding tert-OH is 1. The van der Waals surface area contributed by atoms with Crippen LogP contribution < -0.4 is 15.4 Å². The Morgan fingerprint density at radius 3 is 2.67 bits per heavy atom. The molecule has 0 spiro atoms. The van der Waals surface area contributed by atoms with Crippen LogP contribution in [0.1, 0.15) is 11.7 Å². The van der Waals surface area contributed by atoms with Crippen molar-refractivity contribution >= 4 is 11.7 Å². The maximum absolute atomic E-state index is 11.7. The number of benzene rings is 1. The first-order valence-corrected chi connectivity index (χ1v) is 6.47. The summed E-state index contributed by atoms with van der Waals surface area (Å²) in [6, 6.07) is 12.1. The second-order valence-electron chi connectivity index (χ2n) is 4.35. The van der Waals surface area contributed by atoms with Crippen molar-refractivity contribution in [1.29, 1.82) is 0 Å². The number of urea groups is 1. The van der Waals surface area contributed by atoms with Gasteiger partial charge in [0.1, 0.15) is 0 Å². The van der Waals surface area contributed by atoms with E-state index in [0.717, 1.165) is 5.56 Å². The number of nitrogens with one attached hydrogen (secondary N) is 2. The lowest BCUT2D eigenvalue weighted by Crippen LogP contribution is -2.32. The van der Waals surface area contributed by atoms with Crippen LogP contribution in [0.15, 0.2) is 48.7 Å². The van der Waals surface area contributed by atoms with Crippen LogP contribution in [-0.4, -0.2) is 29.8 Å². The lowest BCUT2D eigenvalue weighted by atomic mass is 10.1. The minimum Gasteiger partial charge on any atom is -0.481 e. The number of hydrogen-bond acceptors (Lipinski definition) is 4. The summed E-state index contributed by atoms with van der Waals surface area (Å²) in [5, 5.41) is 15.2. The van der Waals surface area contributed by atoms with Gasteiger partial charge in [0.2, 0.25) is 5.88 Å². The number of anilines is 1. The van der Waals surface area contributed by atoms with E-state index in [1.807, 2.05) is 18.2 Å². The fourth-order valence-corrected chi connectivity index (χ4v) is 1.73. The molecule has 0 saturated carbocycles. The van der Waals surface area contributed by atoms with Gasteiger partial charge in [0.05, 0.1) is 25.1 Å². The molecule has 0 saturated heterocycles. The molecule has 0 aliphatic carbocycles. The third-order valence-electron chi connectivity index (χ3n) is 2.84. The Morgan fingerprint density at radius 2 is 2.05 bits per heavy atom. The van der Waals surface area contributed by atoms with E-state index in [4.69, 9.17) is 4.74 Å². The van der Waals surface area contributed by atoms with E-state index >= 15 is 0 Å². The Bertz CT molecular complexity index is 572. The van der Waals surface area contributed by atoms with E-state index in [0.29, 0.717) is 11.6 Å². The highest BCUT2D eigenvalue weighted by molar-refractivity contribution is 5.89. The number of ether oxygens (including phenoxy) is 1. The highest BCUT2D eigenvalue weighted by Crippen LogP contribution is 2.12. The molecule has 1 aromatic carbocycles. The first-order chi connectivity index (χ1) is 10.2. The molecule has 0 aliphatic rings. The molecule has 1 heterocycles. The Hall–Kier alpha value is -2.60. The minimum absolute atomic E-state index is 0.124. The predicted molar refractivity (Wildman–Crippen MR) is 79.2 cm³/mol. The highest BCUT2D eigenvalue weighted by atomic mass is 16.5. The first kappa shape index (κ1) is 14.8. The lowest BCUT2D eigenvalue weighted by molar-refractivity contribution is 0.175.